The van der Waals surface area contributed by atoms with Gasteiger partial charge in [0.1, 0.15) is 17.3 Å². The van der Waals surface area contributed by atoms with Crippen molar-refractivity contribution in [3.05, 3.63) is 101 Å². The number of carbonyl (C=O) groups excluding carboxylic acids is 2. The zero-order valence-corrected chi connectivity index (χ0v) is 22.6. The van der Waals surface area contributed by atoms with E-state index in [9.17, 15) is 19.0 Å². The number of carbonyl (C=O) groups is 2. The van der Waals surface area contributed by atoms with Crippen molar-refractivity contribution in [3.63, 3.8) is 0 Å². The second kappa shape index (κ2) is 12.9. The number of hydrogen-bond acceptors (Lipinski definition) is 6. The van der Waals surface area contributed by atoms with Gasteiger partial charge in [-0.25, -0.2) is 4.57 Å². The first kappa shape index (κ1) is 28.5. The van der Waals surface area contributed by atoms with Crippen LogP contribution in [0.3, 0.4) is 0 Å². The molecule has 0 radical (unpaired) electrons. The van der Waals surface area contributed by atoms with Crippen molar-refractivity contribution in [3.8, 4) is 5.75 Å². The van der Waals surface area contributed by atoms with Crippen LogP contribution in [-0.4, -0.2) is 42.6 Å². The van der Waals surface area contributed by atoms with E-state index in [2.05, 4.69) is 10.6 Å². The molecular weight excluding hydrogens is 487 g/mol. The van der Waals surface area contributed by atoms with Crippen molar-refractivity contribution in [1.82, 2.24) is 10.6 Å². The molecule has 3 rings (SSSR count). The third kappa shape index (κ3) is 7.94. The standard InChI is InChI=1S/C29H35N2O5P/c1-20(32)27(30-3)18-22-10-12-23(13-11-22)19-37(34,35)36-26-16-14-25(15-17-26)28(29(31-4)21(2)33)24-8-6-5-7-9-24/h5-17,27-31H,18-19H2,1-4H3,(H,34,35)/t27-,28?,29+/m0/s1. The molecule has 0 fully saturated rings. The molecule has 0 saturated heterocycles. The second-order valence-corrected chi connectivity index (χ2v) is 11.0. The number of hydrogen-bond donors (Lipinski definition) is 3. The molecule has 0 saturated carbocycles. The first-order valence-corrected chi connectivity index (χ1v) is 14.0. The minimum atomic E-state index is -3.97. The monoisotopic (exact) mass is 522 g/mol. The summed E-state index contributed by atoms with van der Waals surface area (Å²) in [4.78, 5) is 34.5. The maximum Gasteiger partial charge on any atom is 0.380 e. The highest BCUT2D eigenvalue weighted by molar-refractivity contribution is 7.52. The van der Waals surface area contributed by atoms with E-state index >= 15 is 0 Å². The number of likely N-dealkylation sites (N-methyl/N-ethyl adjacent to an activating group) is 2. The molecule has 0 aliphatic rings. The van der Waals surface area contributed by atoms with Crippen molar-refractivity contribution in [2.75, 3.05) is 14.1 Å². The Balaban J connectivity index is 1.72. The summed E-state index contributed by atoms with van der Waals surface area (Å²) in [6.07, 6.45) is 0.407. The highest BCUT2D eigenvalue weighted by atomic mass is 31.2. The summed E-state index contributed by atoms with van der Waals surface area (Å²) in [5.74, 6) is 0.136. The normalized spacial score (nSPS) is 15.3. The summed E-state index contributed by atoms with van der Waals surface area (Å²) in [5, 5.41) is 6.11. The third-order valence-electron chi connectivity index (χ3n) is 6.41. The van der Waals surface area contributed by atoms with E-state index in [0.29, 0.717) is 12.0 Å². The topological polar surface area (TPSA) is 105 Å². The predicted octanol–water partition coefficient (Wildman–Crippen LogP) is 4.48. The zero-order valence-electron chi connectivity index (χ0n) is 21.7. The molecule has 0 aliphatic heterocycles. The Morgan fingerprint density at radius 3 is 1.89 bits per heavy atom. The summed E-state index contributed by atoms with van der Waals surface area (Å²) in [5.41, 5.74) is 3.51. The van der Waals surface area contributed by atoms with Gasteiger partial charge in [0.2, 0.25) is 0 Å². The number of Topliss-reactive ketones (excluding diaryl/α,β-unsaturated/α-hetero) is 2. The minimum absolute atomic E-state index is 0.0188. The Hall–Kier alpha value is -3.09. The first-order chi connectivity index (χ1) is 17.6. The largest absolute Gasteiger partial charge is 0.424 e. The van der Waals surface area contributed by atoms with Crippen molar-refractivity contribution in [2.24, 2.45) is 0 Å². The second-order valence-electron chi connectivity index (χ2n) is 9.19. The van der Waals surface area contributed by atoms with Gasteiger partial charge in [-0.1, -0.05) is 66.7 Å². The van der Waals surface area contributed by atoms with Crippen LogP contribution < -0.4 is 15.2 Å². The molecule has 7 nitrogen and oxygen atoms in total. The number of benzene rings is 3. The molecule has 3 N–H and O–H groups in total. The third-order valence-corrected chi connectivity index (χ3v) is 7.67. The summed E-state index contributed by atoms with van der Waals surface area (Å²) in [6, 6.07) is 23.3. The Labute approximate surface area is 218 Å². The predicted molar refractivity (Wildman–Crippen MR) is 146 cm³/mol. The molecule has 4 atom stereocenters. The van der Waals surface area contributed by atoms with Crippen LogP contribution in [-0.2, 0) is 26.7 Å². The quantitative estimate of drug-likeness (QED) is 0.284. The molecule has 0 spiro atoms. The lowest BCUT2D eigenvalue weighted by atomic mass is 9.83. The van der Waals surface area contributed by atoms with Crippen molar-refractivity contribution < 1.29 is 23.6 Å². The van der Waals surface area contributed by atoms with Crippen LogP contribution >= 0.6 is 7.60 Å². The minimum Gasteiger partial charge on any atom is -0.424 e. The first-order valence-electron chi connectivity index (χ1n) is 12.2. The Morgan fingerprint density at radius 1 is 0.811 bits per heavy atom. The van der Waals surface area contributed by atoms with Crippen molar-refractivity contribution in [1.29, 1.82) is 0 Å². The fourth-order valence-electron chi connectivity index (χ4n) is 4.47. The highest BCUT2D eigenvalue weighted by Gasteiger charge is 2.28. The van der Waals surface area contributed by atoms with E-state index in [1.54, 1.807) is 52.2 Å². The van der Waals surface area contributed by atoms with Gasteiger partial charge in [0.05, 0.1) is 18.2 Å². The fourth-order valence-corrected chi connectivity index (χ4v) is 5.66. The summed E-state index contributed by atoms with van der Waals surface area (Å²) >= 11 is 0. The molecule has 0 aromatic heterocycles. The van der Waals surface area contributed by atoms with Gasteiger partial charge in [-0.15, -0.1) is 0 Å². The molecule has 196 valence electrons. The van der Waals surface area contributed by atoms with E-state index in [1.807, 2.05) is 54.6 Å². The fraction of sp³-hybridized carbons (Fsp3) is 0.310. The van der Waals surface area contributed by atoms with Gasteiger partial charge in [-0.2, -0.15) is 0 Å². The van der Waals surface area contributed by atoms with Crippen LogP contribution in [0.25, 0.3) is 0 Å². The molecule has 37 heavy (non-hydrogen) atoms. The molecule has 0 aliphatic carbocycles. The average Bonchev–Trinajstić information content (AvgIpc) is 2.87. The van der Waals surface area contributed by atoms with Crippen LogP contribution in [0, 0.1) is 0 Å². The van der Waals surface area contributed by atoms with E-state index in [4.69, 9.17) is 4.52 Å². The molecular formula is C29H35N2O5P. The van der Waals surface area contributed by atoms with Gasteiger partial charge in [0.25, 0.3) is 0 Å². The molecule has 0 amide bonds. The smallest absolute Gasteiger partial charge is 0.380 e. The Kier molecular flexibility index (Phi) is 9.95. The average molecular weight is 523 g/mol. The van der Waals surface area contributed by atoms with Gasteiger partial charge >= 0.3 is 7.60 Å². The SMILES string of the molecule is CN[C@@H](Cc1ccc(CP(=O)(O)Oc2ccc(C(c3ccccc3)[C@H](NC)C(C)=O)cc2)cc1)C(C)=O. The molecule has 2 unspecified atom stereocenters. The molecule has 8 heteroatoms. The molecule has 3 aromatic carbocycles. The summed E-state index contributed by atoms with van der Waals surface area (Å²) in [6.45, 7) is 3.11. The maximum absolute atomic E-state index is 12.9. The van der Waals surface area contributed by atoms with Gasteiger partial charge in [0, 0.05) is 5.92 Å². The van der Waals surface area contributed by atoms with Crippen molar-refractivity contribution in [2.45, 2.75) is 44.4 Å². The molecule has 3 aromatic rings. The van der Waals surface area contributed by atoms with Crippen LogP contribution in [0.5, 0.6) is 5.75 Å². The Bertz CT molecular complexity index is 1230. The summed E-state index contributed by atoms with van der Waals surface area (Å²) in [7, 11) is -0.464. The van der Waals surface area contributed by atoms with Crippen LogP contribution in [0.2, 0.25) is 0 Å². The van der Waals surface area contributed by atoms with E-state index in [-0.39, 0.29) is 35.4 Å². The van der Waals surface area contributed by atoms with E-state index in [0.717, 1.165) is 16.7 Å². The molecule has 0 heterocycles. The van der Waals surface area contributed by atoms with Crippen LogP contribution in [0.4, 0.5) is 0 Å². The Morgan fingerprint density at radius 2 is 1.38 bits per heavy atom. The summed E-state index contributed by atoms with van der Waals surface area (Å²) < 4.78 is 18.4. The van der Waals surface area contributed by atoms with E-state index in [1.165, 1.54) is 0 Å². The number of ketones is 2. The number of rotatable bonds is 13. The number of nitrogens with one attached hydrogen (secondary N) is 2. The van der Waals surface area contributed by atoms with Crippen molar-refractivity contribution >= 4 is 19.2 Å². The lowest BCUT2D eigenvalue weighted by Crippen LogP contribution is -2.38. The van der Waals surface area contributed by atoms with Gasteiger partial charge in [-0.05, 0) is 68.8 Å². The van der Waals surface area contributed by atoms with Gasteiger partial charge < -0.3 is 20.1 Å². The lowest BCUT2D eigenvalue weighted by molar-refractivity contribution is -0.119. The zero-order chi connectivity index (χ0) is 27.0. The van der Waals surface area contributed by atoms with Crippen LogP contribution in [0.1, 0.15) is 42.0 Å². The molecule has 0 bridgehead atoms. The van der Waals surface area contributed by atoms with Gasteiger partial charge in [-0.3, -0.25) is 9.59 Å². The highest BCUT2D eigenvalue weighted by Crippen LogP contribution is 2.46. The lowest BCUT2D eigenvalue weighted by Gasteiger charge is -2.26. The van der Waals surface area contributed by atoms with Gasteiger partial charge in [0.15, 0.2) is 0 Å². The maximum atomic E-state index is 12.9. The van der Waals surface area contributed by atoms with E-state index < -0.39 is 13.6 Å². The van der Waals surface area contributed by atoms with Crippen LogP contribution in [0.15, 0.2) is 78.9 Å².